The van der Waals surface area contributed by atoms with E-state index in [0.717, 1.165) is 39.6 Å². The fraction of sp³-hybridized carbons (Fsp3) is 0.120. The predicted octanol–water partition coefficient (Wildman–Crippen LogP) is 7.40. The van der Waals surface area contributed by atoms with Crippen LogP contribution in [0.25, 0.3) is 6.08 Å². The molecule has 0 aliphatic carbocycles. The molecule has 162 valence electrons. The summed E-state index contributed by atoms with van der Waals surface area (Å²) in [7, 11) is 0. The van der Waals surface area contributed by atoms with Crippen molar-refractivity contribution in [1.82, 2.24) is 0 Å². The number of halogens is 3. The van der Waals surface area contributed by atoms with Crippen LogP contribution < -0.4 is 10.1 Å². The fourth-order valence-electron chi connectivity index (χ4n) is 3.00. The molecule has 3 aromatic carbocycles. The molecule has 0 spiro atoms. The summed E-state index contributed by atoms with van der Waals surface area (Å²) < 4.78 is 8.87. The van der Waals surface area contributed by atoms with E-state index in [1.807, 2.05) is 74.5 Å². The Morgan fingerprint density at radius 3 is 2.34 bits per heavy atom. The lowest BCUT2D eigenvalue weighted by Gasteiger charge is -2.12. The van der Waals surface area contributed by atoms with Crippen molar-refractivity contribution in [2.75, 3.05) is 5.32 Å². The lowest BCUT2D eigenvalue weighted by Crippen LogP contribution is -2.14. The second-order valence-electron chi connectivity index (χ2n) is 7.17. The molecule has 1 amide bonds. The van der Waals surface area contributed by atoms with Crippen molar-refractivity contribution in [3.8, 4) is 11.8 Å². The normalized spacial score (nSPS) is 11.1. The van der Waals surface area contributed by atoms with Gasteiger partial charge in [-0.3, -0.25) is 4.79 Å². The minimum atomic E-state index is -0.431. The van der Waals surface area contributed by atoms with Gasteiger partial charge in [-0.05, 0) is 112 Å². The number of hydrogen-bond donors (Lipinski definition) is 1. The summed E-state index contributed by atoms with van der Waals surface area (Å²) in [5.74, 6) is 0.351. The minimum absolute atomic E-state index is 0.0418. The molecule has 0 unspecified atom stereocenters. The molecule has 4 nitrogen and oxygen atoms in total. The summed E-state index contributed by atoms with van der Waals surface area (Å²) in [5.41, 5.74) is 4.64. The van der Waals surface area contributed by atoms with Gasteiger partial charge in [-0.2, -0.15) is 5.26 Å². The van der Waals surface area contributed by atoms with Gasteiger partial charge in [-0.1, -0.05) is 45.8 Å². The summed E-state index contributed by atoms with van der Waals surface area (Å²) in [4.78, 5) is 12.7. The van der Waals surface area contributed by atoms with Crippen molar-refractivity contribution in [2.24, 2.45) is 0 Å². The molecule has 0 heterocycles. The van der Waals surface area contributed by atoms with Crippen molar-refractivity contribution >= 4 is 78.8 Å². The summed E-state index contributed by atoms with van der Waals surface area (Å²) in [6.45, 7) is 4.38. The smallest absolute Gasteiger partial charge is 0.266 e. The fourth-order valence-corrected chi connectivity index (χ4v) is 5.39. The number of nitriles is 1. The Labute approximate surface area is 223 Å². The highest BCUT2D eigenvalue weighted by molar-refractivity contribution is 14.1. The zero-order valence-corrected chi connectivity index (χ0v) is 23.3. The van der Waals surface area contributed by atoms with Crippen molar-refractivity contribution in [3.63, 3.8) is 0 Å². The Hall–Kier alpha value is -1.90. The van der Waals surface area contributed by atoms with E-state index in [4.69, 9.17) is 4.74 Å². The third-order valence-electron chi connectivity index (χ3n) is 4.62. The Morgan fingerprint density at radius 2 is 1.75 bits per heavy atom. The number of carbonyl (C=O) groups excluding carboxylic acids is 1. The first-order valence-electron chi connectivity index (χ1n) is 9.63. The number of hydrogen-bond acceptors (Lipinski definition) is 3. The Morgan fingerprint density at radius 1 is 1.09 bits per heavy atom. The number of nitrogens with one attached hydrogen (secondary N) is 1. The molecule has 0 aliphatic heterocycles. The maximum atomic E-state index is 12.7. The zero-order chi connectivity index (χ0) is 23.3. The van der Waals surface area contributed by atoms with Crippen LogP contribution in [-0.4, -0.2) is 5.91 Å². The molecule has 3 aromatic rings. The number of nitrogens with zero attached hydrogens (tertiary/aromatic N) is 1. The van der Waals surface area contributed by atoms with Gasteiger partial charge in [0, 0.05) is 10.2 Å². The first kappa shape index (κ1) is 24.7. The average Bonchev–Trinajstić information content (AvgIpc) is 2.74. The molecular weight excluding hydrogens is 694 g/mol. The first-order valence-corrected chi connectivity index (χ1v) is 12.6. The van der Waals surface area contributed by atoms with Crippen LogP contribution in [0.4, 0.5) is 5.69 Å². The van der Waals surface area contributed by atoms with Gasteiger partial charge >= 0.3 is 0 Å². The van der Waals surface area contributed by atoms with E-state index in [-0.39, 0.29) is 5.57 Å². The average molecular weight is 713 g/mol. The summed E-state index contributed by atoms with van der Waals surface area (Å²) in [6.07, 6.45) is 1.60. The molecule has 0 fully saturated rings. The second-order valence-corrected chi connectivity index (χ2v) is 10.4. The molecule has 0 bridgehead atoms. The minimum Gasteiger partial charge on any atom is -0.487 e. The molecule has 1 N–H and O–H groups in total. The second kappa shape index (κ2) is 11.3. The van der Waals surface area contributed by atoms with Crippen LogP contribution in [0.2, 0.25) is 0 Å². The van der Waals surface area contributed by atoms with Crippen LogP contribution in [0.1, 0.15) is 22.3 Å². The van der Waals surface area contributed by atoms with Crippen LogP contribution in [0.3, 0.4) is 0 Å². The van der Waals surface area contributed by atoms with E-state index in [9.17, 15) is 10.1 Å². The molecule has 0 radical (unpaired) electrons. The summed E-state index contributed by atoms with van der Waals surface area (Å²) in [5, 5.41) is 12.4. The van der Waals surface area contributed by atoms with Gasteiger partial charge in [0.05, 0.1) is 7.14 Å². The van der Waals surface area contributed by atoms with Crippen molar-refractivity contribution < 1.29 is 9.53 Å². The largest absolute Gasteiger partial charge is 0.487 e. The molecule has 3 rings (SSSR count). The van der Waals surface area contributed by atoms with Gasteiger partial charge in [-0.25, -0.2) is 0 Å². The highest BCUT2D eigenvalue weighted by atomic mass is 127. The lowest BCUT2D eigenvalue weighted by atomic mass is 10.1. The van der Waals surface area contributed by atoms with Crippen LogP contribution in [0, 0.1) is 32.3 Å². The van der Waals surface area contributed by atoms with E-state index in [0.29, 0.717) is 12.3 Å². The Bertz CT molecular complexity index is 1210. The van der Waals surface area contributed by atoms with Crippen molar-refractivity contribution in [3.05, 3.63) is 94.0 Å². The third kappa shape index (κ3) is 6.56. The molecule has 32 heavy (non-hydrogen) atoms. The standard InChI is InChI=1S/C25H19BrI2N2O2/c1-15-3-8-23(16(2)9-15)30-25(31)19(13-29)10-18-11-21(27)24(22(28)12-18)32-14-17-4-6-20(26)7-5-17/h3-12H,14H2,1-2H3,(H,30,31)/b19-10+. The molecule has 0 saturated carbocycles. The third-order valence-corrected chi connectivity index (χ3v) is 6.75. The predicted molar refractivity (Wildman–Crippen MR) is 148 cm³/mol. The number of benzene rings is 3. The Balaban J connectivity index is 1.77. The monoisotopic (exact) mass is 712 g/mol. The van der Waals surface area contributed by atoms with E-state index in [2.05, 4.69) is 66.4 Å². The quantitative estimate of drug-likeness (QED) is 0.165. The lowest BCUT2D eigenvalue weighted by molar-refractivity contribution is -0.112. The van der Waals surface area contributed by atoms with Gasteiger partial charge < -0.3 is 10.1 Å². The summed E-state index contributed by atoms with van der Waals surface area (Å²) >= 11 is 7.86. The van der Waals surface area contributed by atoms with E-state index < -0.39 is 5.91 Å². The molecule has 0 atom stereocenters. The molecule has 0 saturated heterocycles. The van der Waals surface area contributed by atoms with Crippen LogP contribution in [0.5, 0.6) is 5.75 Å². The molecular formula is C25H19BrI2N2O2. The Kier molecular flexibility index (Phi) is 8.73. The van der Waals surface area contributed by atoms with Gasteiger partial charge in [0.25, 0.3) is 5.91 Å². The highest BCUT2D eigenvalue weighted by Gasteiger charge is 2.13. The van der Waals surface area contributed by atoms with Crippen molar-refractivity contribution in [2.45, 2.75) is 20.5 Å². The van der Waals surface area contributed by atoms with E-state index >= 15 is 0 Å². The number of anilines is 1. The van der Waals surface area contributed by atoms with E-state index in [1.165, 1.54) is 0 Å². The van der Waals surface area contributed by atoms with Crippen LogP contribution in [-0.2, 0) is 11.4 Å². The topological polar surface area (TPSA) is 62.1 Å². The van der Waals surface area contributed by atoms with Gasteiger partial charge in [0.15, 0.2) is 0 Å². The number of aryl methyl sites for hydroxylation is 2. The SMILES string of the molecule is Cc1ccc(NC(=O)/C(C#N)=C/c2cc(I)c(OCc3ccc(Br)cc3)c(I)c2)c(C)c1. The number of ether oxygens (including phenoxy) is 1. The van der Waals surface area contributed by atoms with Crippen molar-refractivity contribution in [1.29, 1.82) is 5.26 Å². The van der Waals surface area contributed by atoms with E-state index in [1.54, 1.807) is 6.08 Å². The molecule has 7 heteroatoms. The molecule has 0 aliphatic rings. The number of amides is 1. The maximum absolute atomic E-state index is 12.7. The van der Waals surface area contributed by atoms with Crippen LogP contribution >= 0.6 is 61.1 Å². The van der Waals surface area contributed by atoms with Gasteiger partial charge in [0.1, 0.15) is 24.0 Å². The first-order chi connectivity index (χ1) is 15.3. The highest BCUT2D eigenvalue weighted by Crippen LogP contribution is 2.31. The maximum Gasteiger partial charge on any atom is 0.266 e. The van der Waals surface area contributed by atoms with Crippen LogP contribution in [0.15, 0.2) is 64.6 Å². The number of carbonyl (C=O) groups is 1. The zero-order valence-electron chi connectivity index (χ0n) is 17.4. The van der Waals surface area contributed by atoms with Gasteiger partial charge in [-0.15, -0.1) is 0 Å². The molecule has 0 aromatic heterocycles. The summed E-state index contributed by atoms with van der Waals surface area (Å²) in [6, 6.07) is 19.6. The number of rotatable bonds is 6. The van der Waals surface area contributed by atoms with Gasteiger partial charge in [0.2, 0.25) is 0 Å².